The molecule has 96 valence electrons. The number of thiazole rings is 1. The van der Waals surface area contributed by atoms with Gasteiger partial charge in [-0.1, -0.05) is 13.3 Å². The molecule has 0 aliphatic carbocycles. The van der Waals surface area contributed by atoms with Crippen LogP contribution in [-0.4, -0.2) is 25.2 Å². The smallest absolute Gasteiger partial charge is 0.185 e. The van der Waals surface area contributed by atoms with Crippen molar-refractivity contribution >= 4 is 16.5 Å². The van der Waals surface area contributed by atoms with E-state index in [0.29, 0.717) is 13.2 Å². The molecule has 5 heteroatoms. The SMILES string of the molecule is CCC1CCN(c2nc(COC)c(CN)s2)C1. The third-order valence-electron chi connectivity index (χ3n) is 3.37. The van der Waals surface area contributed by atoms with Crippen molar-refractivity contribution in [1.29, 1.82) is 0 Å². The molecule has 0 saturated carbocycles. The summed E-state index contributed by atoms with van der Waals surface area (Å²) in [6, 6.07) is 0. The fourth-order valence-electron chi connectivity index (χ4n) is 2.25. The Labute approximate surface area is 107 Å². The molecule has 2 rings (SSSR count). The highest BCUT2D eigenvalue weighted by molar-refractivity contribution is 7.15. The molecule has 0 aromatic carbocycles. The average molecular weight is 255 g/mol. The maximum absolute atomic E-state index is 5.74. The van der Waals surface area contributed by atoms with Crippen LogP contribution in [0.5, 0.6) is 0 Å². The number of nitrogens with zero attached hydrogens (tertiary/aromatic N) is 2. The summed E-state index contributed by atoms with van der Waals surface area (Å²) < 4.78 is 5.16. The summed E-state index contributed by atoms with van der Waals surface area (Å²) in [5.74, 6) is 0.825. The molecule has 2 heterocycles. The highest BCUT2D eigenvalue weighted by atomic mass is 32.1. The number of hydrogen-bond donors (Lipinski definition) is 1. The number of hydrogen-bond acceptors (Lipinski definition) is 5. The Morgan fingerprint density at radius 1 is 1.59 bits per heavy atom. The molecule has 0 radical (unpaired) electrons. The van der Waals surface area contributed by atoms with E-state index in [1.165, 1.54) is 12.8 Å². The molecule has 4 nitrogen and oxygen atoms in total. The third kappa shape index (κ3) is 2.78. The van der Waals surface area contributed by atoms with E-state index >= 15 is 0 Å². The van der Waals surface area contributed by atoms with Crippen molar-refractivity contribution < 1.29 is 4.74 Å². The number of anilines is 1. The number of methoxy groups -OCH3 is 1. The summed E-state index contributed by atoms with van der Waals surface area (Å²) in [4.78, 5) is 8.20. The summed E-state index contributed by atoms with van der Waals surface area (Å²) in [5.41, 5.74) is 6.75. The molecule has 1 aliphatic heterocycles. The average Bonchev–Trinajstić information content (AvgIpc) is 2.94. The van der Waals surface area contributed by atoms with Crippen molar-refractivity contribution in [3.05, 3.63) is 10.6 Å². The van der Waals surface area contributed by atoms with E-state index in [0.717, 1.165) is 34.7 Å². The van der Waals surface area contributed by atoms with Gasteiger partial charge in [-0.15, -0.1) is 11.3 Å². The van der Waals surface area contributed by atoms with E-state index in [1.54, 1.807) is 18.4 Å². The van der Waals surface area contributed by atoms with Crippen molar-refractivity contribution in [2.75, 3.05) is 25.1 Å². The molecular formula is C12H21N3OS. The monoisotopic (exact) mass is 255 g/mol. The van der Waals surface area contributed by atoms with Crippen LogP contribution in [0.2, 0.25) is 0 Å². The van der Waals surface area contributed by atoms with E-state index < -0.39 is 0 Å². The number of ether oxygens (including phenoxy) is 1. The summed E-state index contributed by atoms with van der Waals surface area (Å²) in [7, 11) is 1.70. The van der Waals surface area contributed by atoms with Crippen molar-refractivity contribution in [1.82, 2.24) is 4.98 Å². The zero-order chi connectivity index (χ0) is 12.3. The Bertz CT molecular complexity index is 367. The van der Waals surface area contributed by atoms with Crippen molar-refractivity contribution in [3.63, 3.8) is 0 Å². The lowest BCUT2D eigenvalue weighted by atomic mass is 10.1. The van der Waals surface area contributed by atoms with Crippen molar-refractivity contribution in [2.45, 2.75) is 32.9 Å². The molecule has 1 aromatic heterocycles. The van der Waals surface area contributed by atoms with Crippen LogP contribution in [0.3, 0.4) is 0 Å². The van der Waals surface area contributed by atoms with Gasteiger partial charge in [-0.25, -0.2) is 4.98 Å². The first kappa shape index (κ1) is 12.8. The second-order valence-electron chi connectivity index (χ2n) is 4.51. The van der Waals surface area contributed by atoms with Gasteiger partial charge in [-0.3, -0.25) is 0 Å². The first-order valence-electron chi connectivity index (χ1n) is 6.21. The van der Waals surface area contributed by atoms with E-state index in [2.05, 4.69) is 16.8 Å². The van der Waals surface area contributed by atoms with E-state index in [1.807, 2.05) is 0 Å². The van der Waals surface area contributed by atoms with Crippen LogP contribution >= 0.6 is 11.3 Å². The summed E-state index contributed by atoms with van der Waals surface area (Å²) in [6.07, 6.45) is 2.55. The molecule has 1 saturated heterocycles. The number of rotatable bonds is 5. The zero-order valence-electron chi connectivity index (χ0n) is 10.6. The molecule has 1 atom stereocenters. The standard InChI is InChI=1S/C12H21N3OS/c1-3-9-4-5-15(7-9)12-14-10(8-16-2)11(6-13)17-12/h9H,3-8,13H2,1-2H3. The van der Waals surface area contributed by atoms with Gasteiger partial charge in [-0.2, -0.15) is 0 Å². The molecule has 1 unspecified atom stereocenters. The first-order valence-corrected chi connectivity index (χ1v) is 7.02. The summed E-state index contributed by atoms with van der Waals surface area (Å²) >= 11 is 1.72. The largest absolute Gasteiger partial charge is 0.378 e. The minimum atomic E-state index is 0.557. The van der Waals surface area contributed by atoms with Crippen molar-refractivity contribution in [3.8, 4) is 0 Å². The Hall–Kier alpha value is -0.650. The van der Waals surface area contributed by atoms with Crippen molar-refractivity contribution in [2.24, 2.45) is 11.7 Å². The Morgan fingerprint density at radius 3 is 3.00 bits per heavy atom. The summed E-state index contributed by atoms with van der Waals surface area (Å²) in [6.45, 7) is 5.65. The van der Waals surface area contributed by atoms with Crippen LogP contribution in [0.4, 0.5) is 5.13 Å². The molecular weight excluding hydrogens is 234 g/mol. The van der Waals surface area contributed by atoms with Gasteiger partial charge in [-0.05, 0) is 12.3 Å². The van der Waals surface area contributed by atoms with Crippen LogP contribution in [0.1, 0.15) is 30.3 Å². The van der Waals surface area contributed by atoms with Gasteiger partial charge in [0.05, 0.1) is 12.3 Å². The first-order chi connectivity index (χ1) is 8.28. The molecule has 2 N–H and O–H groups in total. The lowest BCUT2D eigenvalue weighted by molar-refractivity contribution is 0.181. The van der Waals surface area contributed by atoms with Crippen LogP contribution < -0.4 is 10.6 Å². The molecule has 0 amide bonds. The second kappa shape index (κ2) is 5.80. The van der Waals surface area contributed by atoms with Gasteiger partial charge in [0.1, 0.15) is 0 Å². The van der Waals surface area contributed by atoms with E-state index in [-0.39, 0.29) is 0 Å². The van der Waals surface area contributed by atoms with Gasteiger partial charge in [0.2, 0.25) is 0 Å². The Kier molecular flexibility index (Phi) is 4.36. The van der Waals surface area contributed by atoms with Gasteiger partial charge >= 0.3 is 0 Å². The highest BCUT2D eigenvalue weighted by Gasteiger charge is 2.24. The van der Waals surface area contributed by atoms with Crippen LogP contribution in [-0.2, 0) is 17.9 Å². The molecule has 0 spiro atoms. The zero-order valence-corrected chi connectivity index (χ0v) is 11.4. The van der Waals surface area contributed by atoms with E-state index in [9.17, 15) is 0 Å². The van der Waals surface area contributed by atoms with Gasteiger partial charge in [0.25, 0.3) is 0 Å². The maximum Gasteiger partial charge on any atom is 0.185 e. The fraction of sp³-hybridized carbons (Fsp3) is 0.750. The topological polar surface area (TPSA) is 51.4 Å². The van der Waals surface area contributed by atoms with E-state index in [4.69, 9.17) is 10.5 Å². The minimum absolute atomic E-state index is 0.557. The number of aromatic nitrogens is 1. The third-order valence-corrected chi connectivity index (χ3v) is 4.55. The Balaban J connectivity index is 2.11. The maximum atomic E-state index is 5.74. The predicted molar refractivity (Wildman–Crippen MR) is 71.3 cm³/mol. The minimum Gasteiger partial charge on any atom is -0.378 e. The number of nitrogens with two attached hydrogens (primary N) is 1. The van der Waals surface area contributed by atoms with Gasteiger partial charge < -0.3 is 15.4 Å². The lowest BCUT2D eigenvalue weighted by Gasteiger charge is -2.14. The molecule has 1 fully saturated rings. The van der Waals surface area contributed by atoms with Gasteiger partial charge in [0, 0.05) is 31.6 Å². The second-order valence-corrected chi connectivity index (χ2v) is 5.57. The highest BCUT2D eigenvalue weighted by Crippen LogP contribution is 2.31. The molecule has 1 aromatic rings. The molecule has 0 bridgehead atoms. The van der Waals surface area contributed by atoms with Crippen LogP contribution in [0, 0.1) is 5.92 Å². The molecule has 17 heavy (non-hydrogen) atoms. The normalized spacial score (nSPS) is 20.2. The quantitative estimate of drug-likeness (QED) is 0.874. The molecule has 1 aliphatic rings. The lowest BCUT2D eigenvalue weighted by Crippen LogP contribution is -2.19. The Morgan fingerprint density at radius 2 is 2.41 bits per heavy atom. The van der Waals surface area contributed by atoms with Crippen LogP contribution in [0.25, 0.3) is 0 Å². The summed E-state index contributed by atoms with van der Waals surface area (Å²) in [5, 5.41) is 1.12. The predicted octanol–water partition coefficient (Wildman–Crippen LogP) is 1.98. The fourth-order valence-corrected chi connectivity index (χ4v) is 3.23. The van der Waals surface area contributed by atoms with Gasteiger partial charge in [0.15, 0.2) is 5.13 Å². The van der Waals surface area contributed by atoms with Crippen LogP contribution in [0.15, 0.2) is 0 Å².